The van der Waals surface area contributed by atoms with Crippen LogP contribution >= 0.6 is 0 Å². The number of rotatable bonds is 5. The molecule has 4 nitrogen and oxygen atoms in total. The van der Waals surface area contributed by atoms with E-state index in [0.29, 0.717) is 6.10 Å². The molecule has 0 aliphatic carbocycles. The molecule has 19 heavy (non-hydrogen) atoms. The number of nitrogens with one attached hydrogen (secondary N) is 1. The molecule has 2 rings (SSSR count). The van der Waals surface area contributed by atoms with Crippen LogP contribution in [0.1, 0.15) is 30.9 Å². The average molecular weight is 263 g/mol. The summed E-state index contributed by atoms with van der Waals surface area (Å²) in [6.45, 7) is 8.24. The van der Waals surface area contributed by atoms with Crippen LogP contribution in [0.25, 0.3) is 0 Å². The molecule has 0 aromatic carbocycles. The van der Waals surface area contributed by atoms with Crippen LogP contribution in [0.5, 0.6) is 0 Å². The Morgan fingerprint density at radius 3 is 2.74 bits per heavy atom. The molecule has 0 saturated carbocycles. The predicted octanol–water partition coefficient (Wildman–Crippen LogP) is 2.11. The van der Waals surface area contributed by atoms with Crippen molar-refractivity contribution in [3.05, 3.63) is 23.4 Å². The number of aryl methyl sites for hydroxylation is 1. The molecule has 1 saturated heterocycles. The minimum absolute atomic E-state index is 0.421. The molecule has 1 aliphatic rings. The van der Waals surface area contributed by atoms with Gasteiger partial charge in [-0.1, -0.05) is 6.92 Å². The number of nitrogens with zero attached hydrogens (tertiary/aromatic N) is 2. The van der Waals surface area contributed by atoms with Gasteiger partial charge in [0.15, 0.2) is 0 Å². The van der Waals surface area contributed by atoms with Crippen molar-refractivity contribution in [1.82, 2.24) is 10.3 Å². The number of piperidine rings is 1. The van der Waals surface area contributed by atoms with Gasteiger partial charge >= 0.3 is 0 Å². The Morgan fingerprint density at radius 1 is 1.42 bits per heavy atom. The van der Waals surface area contributed by atoms with Gasteiger partial charge in [-0.15, -0.1) is 0 Å². The zero-order chi connectivity index (χ0) is 13.7. The molecular formula is C15H25N3O. The van der Waals surface area contributed by atoms with Gasteiger partial charge in [0.2, 0.25) is 0 Å². The maximum atomic E-state index is 5.41. The number of hydrogen-bond donors (Lipinski definition) is 1. The molecule has 1 aliphatic heterocycles. The first-order valence-corrected chi connectivity index (χ1v) is 7.18. The summed E-state index contributed by atoms with van der Waals surface area (Å²) in [6.07, 6.45) is 4.60. The van der Waals surface area contributed by atoms with Gasteiger partial charge in [-0.3, -0.25) is 0 Å². The van der Waals surface area contributed by atoms with E-state index in [1.54, 1.807) is 7.11 Å². The van der Waals surface area contributed by atoms with Crippen LogP contribution in [0.15, 0.2) is 12.3 Å². The van der Waals surface area contributed by atoms with E-state index in [0.717, 1.165) is 44.8 Å². The number of pyridine rings is 1. The quantitative estimate of drug-likeness (QED) is 0.883. The third-order valence-corrected chi connectivity index (χ3v) is 3.76. The molecule has 4 heteroatoms. The first-order valence-electron chi connectivity index (χ1n) is 7.18. The second kappa shape index (κ2) is 6.87. The molecule has 0 bridgehead atoms. The molecule has 1 aromatic rings. The van der Waals surface area contributed by atoms with Crippen LogP contribution in [-0.4, -0.2) is 37.8 Å². The first-order chi connectivity index (χ1) is 9.24. The van der Waals surface area contributed by atoms with Crippen molar-refractivity contribution >= 4 is 5.82 Å². The highest BCUT2D eigenvalue weighted by molar-refractivity contribution is 5.47. The summed E-state index contributed by atoms with van der Waals surface area (Å²) >= 11 is 0. The lowest BCUT2D eigenvalue weighted by molar-refractivity contribution is 0.0818. The standard InChI is InChI=1S/C15H25N3O/c1-4-16-10-13-9-12(2)15(17-11-13)18-7-5-14(19-3)6-8-18/h9,11,14,16H,4-8,10H2,1-3H3. The molecule has 0 atom stereocenters. The topological polar surface area (TPSA) is 37.4 Å². The average Bonchev–Trinajstić information content (AvgIpc) is 2.45. The van der Waals surface area contributed by atoms with Gasteiger partial charge in [0.1, 0.15) is 5.82 Å². The fourth-order valence-electron chi connectivity index (χ4n) is 2.63. The lowest BCUT2D eigenvalue weighted by atomic mass is 10.1. The number of hydrogen-bond acceptors (Lipinski definition) is 4. The maximum absolute atomic E-state index is 5.41. The Morgan fingerprint density at radius 2 is 2.16 bits per heavy atom. The van der Waals surface area contributed by atoms with Gasteiger partial charge in [-0.2, -0.15) is 0 Å². The van der Waals surface area contributed by atoms with Gasteiger partial charge in [0.05, 0.1) is 6.10 Å². The van der Waals surface area contributed by atoms with Crippen LogP contribution in [0.2, 0.25) is 0 Å². The molecule has 0 amide bonds. The van der Waals surface area contributed by atoms with E-state index in [1.165, 1.54) is 11.1 Å². The molecule has 1 aromatic heterocycles. The molecule has 1 fully saturated rings. The normalized spacial score (nSPS) is 16.9. The fraction of sp³-hybridized carbons (Fsp3) is 0.667. The van der Waals surface area contributed by atoms with Crippen LogP contribution < -0.4 is 10.2 Å². The Bertz CT molecular complexity index is 400. The molecule has 1 N–H and O–H groups in total. The Balaban J connectivity index is 2.01. The third kappa shape index (κ3) is 3.67. The van der Waals surface area contributed by atoms with Crippen LogP contribution in [0.4, 0.5) is 5.82 Å². The highest BCUT2D eigenvalue weighted by atomic mass is 16.5. The van der Waals surface area contributed by atoms with Crippen LogP contribution in [-0.2, 0) is 11.3 Å². The fourth-order valence-corrected chi connectivity index (χ4v) is 2.63. The maximum Gasteiger partial charge on any atom is 0.131 e. The Hall–Kier alpha value is -1.13. The van der Waals surface area contributed by atoms with E-state index < -0.39 is 0 Å². The van der Waals surface area contributed by atoms with Crippen LogP contribution in [0.3, 0.4) is 0 Å². The number of methoxy groups -OCH3 is 1. The summed E-state index contributed by atoms with van der Waals surface area (Å²) in [5, 5.41) is 3.33. The minimum Gasteiger partial charge on any atom is -0.381 e. The molecule has 2 heterocycles. The van der Waals surface area contributed by atoms with Gasteiger partial charge in [0.25, 0.3) is 0 Å². The summed E-state index contributed by atoms with van der Waals surface area (Å²) in [5.74, 6) is 1.13. The van der Waals surface area contributed by atoms with E-state index >= 15 is 0 Å². The molecular weight excluding hydrogens is 238 g/mol. The summed E-state index contributed by atoms with van der Waals surface area (Å²) in [6, 6.07) is 2.24. The van der Waals surface area contributed by atoms with E-state index in [2.05, 4.69) is 35.1 Å². The highest BCUT2D eigenvalue weighted by Gasteiger charge is 2.20. The van der Waals surface area contributed by atoms with Crippen molar-refractivity contribution in [2.45, 2.75) is 39.3 Å². The first kappa shape index (κ1) is 14.3. The zero-order valence-corrected chi connectivity index (χ0v) is 12.3. The molecule has 106 valence electrons. The minimum atomic E-state index is 0.421. The van der Waals surface area contributed by atoms with Crippen molar-refractivity contribution in [3.63, 3.8) is 0 Å². The van der Waals surface area contributed by atoms with Crippen molar-refractivity contribution < 1.29 is 4.74 Å². The zero-order valence-electron chi connectivity index (χ0n) is 12.3. The molecule has 0 radical (unpaired) electrons. The Kier molecular flexibility index (Phi) is 5.16. The van der Waals surface area contributed by atoms with Crippen molar-refractivity contribution in [1.29, 1.82) is 0 Å². The monoisotopic (exact) mass is 263 g/mol. The van der Waals surface area contributed by atoms with Crippen molar-refractivity contribution in [2.24, 2.45) is 0 Å². The lowest BCUT2D eigenvalue weighted by Gasteiger charge is -2.33. The summed E-state index contributed by atoms with van der Waals surface area (Å²) in [4.78, 5) is 7.03. The largest absolute Gasteiger partial charge is 0.381 e. The highest BCUT2D eigenvalue weighted by Crippen LogP contribution is 2.23. The molecule has 0 spiro atoms. The van der Waals surface area contributed by atoms with Gasteiger partial charge in [-0.05, 0) is 43.5 Å². The van der Waals surface area contributed by atoms with Gasteiger partial charge < -0.3 is 15.0 Å². The van der Waals surface area contributed by atoms with Gasteiger partial charge in [-0.25, -0.2) is 4.98 Å². The third-order valence-electron chi connectivity index (χ3n) is 3.76. The second-order valence-corrected chi connectivity index (χ2v) is 5.19. The predicted molar refractivity (Wildman–Crippen MR) is 78.6 cm³/mol. The summed E-state index contributed by atoms with van der Waals surface area (Å²) in [5.41, 5.74) is 2.53. The van der Waals surface area contributed by atoms with E-state index in [-0.39, 0.29) is 0 Å². The number of ether oxygens (including phenoxy) is 1. The number of aromatic nitrogens is 1. The van der Waals surface area contributed by atoms with E-state index in [9.17, 15) is 0 Å². The lowest BCUT2D eigenvalue weighted by Crippen LogP contribution is -2.37. The van der Waals surface area contributed by atoms with Crippen LogP contribution in [0, 0.1) is 6.92 Å². The van der Waals surface area contributed by atoms with E-state index in [4.69, 9.17) is 4.74 Å². The smallest absolute Gasteiger partial charge is 0.131 e. The van der Waals surface area contributed by atoms with E-state index in [1.807, 2.05) is 6.20 Å². The number of anilines is 1. The van der Waals surface area contributed by atoms with Gasteiger partial charge in [0, 0.05) is 32.9 Å². The Labute approximate surface area is 116 Å². The van der Waals surface area contributed by atoms with Crippen molar-refractivity contribution in [2.75, 3.05) is 31.6 Å². The summed E-state index contributed by atoms with van der Waals surface area (Å²) in [7, 11) is 1.80. The SMILES string of the molecule is CCNCc1cnc(N2CCC(OC)CC2)c(C)c1. The molecule has 0 unspecified atom stereocenters. The van der Waals surface area contributed by atoms with Crippen molar-refractivity contribution in [3.8, 4) is 0 Å². The second-order valence-electron chi connectivity index (χ2n) is 5.19. The summed E-state index contributed by atoms with van der Waals surface area (Å²) < 4.78 is 5.41.